The zero-order chi connectivity index (χ0) is 22.5. The summed E-state index contributed by atoms with van der Waals surface area (Å²) in [5.41, 5.74) is 3.59. The number of likely N-dealkylation sites (tertiary alicyclic amines) is 1. The summed E-state index contributed by atoms with van der Waals surface area (Å²) in [5.74, 6) is 0.537. The van der Waals surface area contributed by atoms with Crippen molar-refractivity contribution in [1.82, 2.24) is 20.1 Å². The fourth-order valence-corrected chi connectivity index (χ4v) is 4.52. The van der Waals surface area contributed by atoms with Crippen LogP contribution < -0.4 is 4.90 Å². The molecule has 4 heterocycles. The van der Waals surface area contributed by atoms with Crippen LogP contribution in [-0.4, -0.2) is 57.3 Å². The van der Waals surface area contributed by atoms with E-state index in [2.05, 4.69) is 27.3 Å². The molecule has 1 unspecified atom stereocenters. The molecule has 5 rings (SSSR count). The Morgan fingerprint density at radius 2 is 2.03 bits per heavy atom. The lowest BCUT2D eigenvalue weighted by molar-refractivity contribution is -0.121. The average Bonchev–Trinajstić information content (AvgIpc) is 3.50. The van der Waals surface area contributed by atoms with Crippen LogP contribution in [0, 0.1) is 5.92 Å². The molecule has 8 nitrogen and oxygen atoms in total. The maximum atomic E-state index is 13.3. The molecule has 2 aromatic heterocycles. The van der Waals surface area contributed by atoms with Crippen LogP contribution in [0.15, 0.2) is 36.7 Å². The second-order valence-corrected chi connectivity index (χ2v) is 9.50. The van der Waals surface area contributed by atoms with Crippen molar-refractivity contribution in [2.75, 3.05) is 24.5 Å². The van der Waals surface area contributed by atoms with E-state index in [1.54, 1.807) is 9.80 Å². The monoisotopic (exact) mass is 433 g/mol. The number of anilines is 1. The molecule has 2 aliphatic rings. The van der Waals surface area contributed by atoms with Gasteiger partial charge in [-0.3, -0.25) is 14.8 Å². The zero-order valence-electron chi connectivity index (χ0n) is 18.6. The number of ether oxygens (including phenoxy) is 1. The van der Waals surface area contributed by atoms with E-state index in [1.165, 1.54) is 0 Å². The summed E-state index contributed by atoms with van der Waals surface area (Å²) >= 11 is 0. The van der Waals surface area contributed by atoms with Crippen molar-refractivity contribution in [2.45, 2.75) is 39.2 Å². The van der Waals surface area contributed by atoms with E-state index < -0.39 is 5.60 Å². The first kappa shape index (κ1) is 20.5. The number of amides is 2. The molecule has 0 radical (unpaired) electrons. The Bertz CT molecular complexity index is 1200. The van der Waals surface area contributed by atoms with Gasteiger partial charge in [0, 0.05) is 36.8 Å². The van der Waals surface area contributed by atoms with Gasteiger partial charge in [-0.05, 0) is 56.9 Å². The molecule has 32 heavy (non-hydrogen) atoms. The number of benzene rings is 1. The van der Waals surface area contributed by atoms with Crippen LogP contribution in [0.4, 0.5) is 10.6 Å². The molecule has 1 aromatic carbocycles. The normalized spacial score (nSPS) is 18.3. The lowest BCUT2D eigenvalue weighted by Crippen LogP contribution is -2.39. The van der Waals surface area contributed by atoms with Gasteiger partial charge in [0.2, 0.25) is 5.91 Å². The number of H-pyrrole nitrogens is 1. The molecule has 2 amide bonds. The van der Waals surface area contributed by atoms with Gasteiger partial charge in [-0.1, -0.05) is 12.1 Å². The number of pyridine rings is 1. The minimum Gasteiger partial charge on any atom is -0.444 e. The molecule has 1 N–H and O–H groups in total. The Hall–Kier alpha value is -3.42. The molecule has 166 valence electrons. The van der Waals surface area contributed by atoms with Gasteiger partial charge in [-0.25, -0.2) is 9.78 Å². The smallest absolute Gasteiger partial charge is 0.410 e. The number of rotatable bonds is 2. The Morgan fingerprint density at radius 3 is 2.84 bits per heavy atom. The Balaban J connectivity index is 1.32. The first-order valence-electron chi connectivity index (χ1n) is 11.0. The van der Waals surface area contributed by atoms with Gasteiger partial charge in [0.05, 0.1) is 17.6 Å². The number of hydrogen-bond donors (Lipinski definition) is 1. The Labute approximate surface area is 186 Å². The predicted molar refractivity (Wildman–Crippen MR) is 121 cm³/mol. The summed E-state index contributed by atoms with van der Waals surface area (Å²) in [5, 5.41) is 8.19. The fourth-order valence-electron chi connectivity index (χ4n) is 4.52. The molecule has 1 atom stereocenters. The molecule has 1 fully saturated rings. The van der Waals surface area contributed by atoms with Gasteiger partial charge in [-0.2, -0.15) is 5.10 Å². The van der Waals surface area contributed by atoms with E-state index in [9.17, 15) is 9.59 Å². The molecule has 8 heteroatoms. The average molecular weight is 434 g/mol. The van der Waals surface area contributed by atoms with Gasteiger partial charge in [-0.15, -0.1) is 0 Å². The van der Waals surface area contributed by atoms with E-state index in [0.717, 1.165) is 39.8 Å². The molecular weight excluding hydrogens is 406 g/mol. The fraction of sp³-hybridized carbons (Fsp3) is 0.417. The topological polar surface area (TPSA) is 91.4 Å². The molecule has 0 spiro atoms. The number of fused-ring (bicyclic) bond motifs is 2. The van der Waals surface area contributed by atoms with Crippen LogP contribution in [0.1, 0.15) is 32.8 Å². The first-order valence-corrected chi connectivity index (χ1v) is 11.0. The standard InChI is InChI=1S/C24H27N5O3/c1-24(2,3)32-23(31)28-9-7-16(14-28)22(30)29-10-8-15-11-17(12-25-21(15)29)18-5-4-6-20-19(18)13-26-27-20/h4-6,11-13,16H,7-10,14H2,1-3H3,(H,26,27). The summed E-state index contributed by atoms with van der Waals surface area (Å²) in [6, 6.07) is 8.17. The number of carbonyl (C=O) groups excluding carboxylic acids is 2. The van der Waals surface area contributed by atoms with Crippen molar-refractivity contribution in [3.63, 3.8) is 0 Å². The lowest BCUT2D eigenvalue weighted by Gasteiger charge is -2.25. The van der Waals surface area contributed by atoms with E-state index in [0.29, 0.717) is 26.1 Å². The molecule has 0 aliphatic carbocycles. The highest BCUT2D eigenvalue weighted by atomic mass is 16.6. The van der Waals surface area contributed by atoms with Crippen LogP contribution in [0.5, 0.6) is 0 Å². The minimum atomic E-state index is -0.546. The summed E-state index contributed by atoms with van der Waals surface area (Å²) in [7, 11) is 0. The lowest BCUT2D eigenvalue weighted by atomic mass is 10.0. The quantitative estimate of drug-likeness (QED) is 0.664. The van der Waals surface area contributed by atoms with E-state index in [1.807, 2.05) is 45.3 Å². The summed E-state index contributed by atoms with van der Waals surface area (Å²) in [6.07, 6.45) is 4.71. The Kier molecular flexibility index (Phi) is 4.87. The number of carbonyl (C=O) groups is 2. The van der Waals surface area contributed by atoms with Crippen molar-refractivity contribution < 1.29 is 14.3 Å². The second kappa shape index (κ2) is 7.62. The van der Waals surface area contributed by atoms with Crippen LogP contribution in [0.3, 0.4) is 0 Å². The van der Waals surface area contributed by atoms with Crippen molar-refractivity contribution >= 4 is 28.7 Å². The van der Waals surface area contributed by atoms with Gasteiger partial charge >= 0.3 is 6.09 Å². The van der Waals surface area contributed by atoms with Gasteiger partial charge < -0.3 is 9.64 Å². The third-order valence-corrected chi connectivity index (χ3v) is 6.05. The third kappa shape index (κ3) is 3.70. The van der Waals surface area contributed by atoms with Crippen LogP contribution in [0.2, 0.25) is 0 Å². The van der Waals surface area contributed by atoms with Crippen LogP contribution >= 0.6 is 0 Å². The van der Waals surface area contributed by atoms with Crippen molar-refractivity contribution in [3.8, 4) is 11.1 Å². The van der Waals surface area contributed by atoms with Crippen molar-refractivity contribution in [3.05, 3.63) is 42.2 Å². The largest absolute Gasteiger partial charge is 0.444 e. The SMILES string of the molecule is CC(C)(C)OC(=O)N1CCC(C(=O)N2CCc3cc(-c4cccc5[nH]ncc45)cnc32)C1. The van der Waals surface area contributed by atoms with E-state index in [4.69, 9.17) is 4.74 Å². The number of nitrogens with zero attached hydrogens (tertiary/aromatic N) is 4. The van der Waals surface area contributed by atoms with Crippen molar-refractivity contribution in [2.24, 2.45) is 5.92 Å². The van der Waals surface area contributed by atoms with Gasteiger partial charge in [0.15, 0.2) is 0 Å². The zero-order valence-corrected chi connectivity index (χ0v) is 18.6. The highest BCUT2D eigenvalue weighted by Crippen LogP contribution is 2.34. The third-order valence-electron chi connectivity index (χ3n) is 6.05. The minimum absolute atomic E-state index is 0.0343. The highest BCUT2D eigenvalue weighted by Gasteiger charge is 2.38. The van der Waals surface area contributed by atoms with Crippen LogP contribution in [0.25, 0.3) is 22.0 Å². The highest BCUT2D eigenvalue weighted by molar-refractivity contribution is 5.98. The molecule has 2 aliphatic heterocycles. The second-order valence-electron chi connectivity index (χ2n) is 9.50. The maximum Gasteiger partial charge on any atom is 0.410 e. The number of aromatic amines is 1. The first-order chi connectivity index (χ1) is 15.3. The van der Waals surface area contributed by atoms with Gasteiger partial charge in [0.25, 0.3) is 0 Å². The molecular formula is C24H27N5O3. The molecule has 0 bridgehead atoms. The predicted octanol–water partition coefficient (Wildman–Crippen LogP) is 3.77. The molecule has 1 saturated heterocycles. The molecule has 3 aromatic rings. The maximum absolute atomic E-state index is 13.3. The summed E-state index contributed by atoms with van der Waals surface area (Å²) in [6.45, 7) is 7.07. The van der Waals surface area contributed by atoms with Crippen LogP contribution in [-0.2, 0) is 16.0 Å². The summed E-state index contributed by atoms with van der Waals surface area (Å²) in [4.78, 5) is 33.7. The number of aromatic nitrogens is 3. The number of hydrogen-bond acceptors (Lipinski definition) is 5. The number of nitrogens with one attached hydrogen (secondary N) is 1. The summed E-state index contributed by atoms with van der Waals surface area (Å²) < 4.78 is 5.45. The Morgan fingerprint density at radius 1 is 1.19 bits per heavy atom. The van der Waals surface area contributed by atoms with E-state index >= 15 is 0 Å². The van der Waals surface area contributed by atoms with Crippen molar-refractivity contribution in [1.29, 1.82) is 0 Å². The molecule has 0 saturated carbocycles. The van der Waals surface area contributed by atoms with E-state index in [-0.39, 0.29) is 17.9 Å². The van der Waals surface area contributed by atoms with Gasteiger partial charge in [0.1, 0.15) is 11.4 Å².